The lowest BCUT2D eigenvalue weighted by Crippen LogP contribution is -2.03. The second-order valence-corrected chi connectivity index (χ2v) is 4.50. The van der Waals surface area contributed by atoms with Crippen LogP contribution in [0.1, 0.15) is 58.3 Å². The maximum atomic E-state index is 10.1. The topological polar surface area (TPSA) is 17.1 Å². The zero-order valence-electron chi connectivity index (χ0n) is 9.30. The van der Waals surface area contributed by atoms with Crippen LogP contribution in [0.4, 0.5) is 0 Å². The van der Waals surface area contributed by atoms with Gasteiger partial charge in [0.2, 0.25) is 0 Å². The molecule has 1 heteroatoms. The van der Waals surface area contributed by atoms with E-state index < -0.39 is 0 Å². The predicted octanol–water partition coefficient (Wildman–Crippen LogP) is 3.88. The van der Waals surface area contributed by atoms with Crippen LogP contribution in [0.2, 0.25) is 0 Å². The molecule has 1 fully saturated rings. The SMILES string of the molecule is CC1CCC(=CCCCCC=O)CC1. The van der Waals surface area contributed by atoms with Gasteiger partial charge in [0, 0.05) is 6.42 Å². The minimum absolute atomic E-state index is 0.736. The van der Waals surface area contributed by atoms with Crippen LogP contribution in [-0.2, 0) is 4.79 Å². The molecule has 0 N–H and O–H groups in total. The molecule has 0 radical (unpaired) electrons. The van der Waals surface area contributed by atoms with Gasteiger partial charge in [-0.15, -0.1) is 0 Å². The van der Waals surface area contributed by atoms with Crippen LogP contribution in [-0.4, -0.2) is 6.29 Å². The van der Waals surface area contributed by atoms with Gasteiger partial charge in [-0.1, -0.05) is 18.6 Å². The molecule has 0 atom stereocenters. The molecule has 0 aromatic carbocycles. The maximum Gasteiger partial charge on any atom is 0.119 e. The number of allylic oxidation sites excluding steroid dienone is 2. The highest BCUT2D eigenvalue weighted by Gasteiger charge is 2.11. The standard InChI is InChI=1S/C13H22O/c1-12-7-9-13(10-8-12)6-4-2-3-5-11-14/h6,11-12H,2-5,7-10H2,1H3. The van der Waals surface area contributed by atoms with Gasteiger partial charge in [-0.2, -0.15) is 0 Å². The summed E-state index contributed by atoms with van der Waals surface area (Å²) in [7, 11) is 0. The summed E-state index contributed by atoms with van der Waals surface area (Å²) in [6, 6.07) is 0. The van der Waals surface area contributed by atoms with E-state index in [9.17, 15) is 4.79 Å². The minimum Gasteiger partial charge on any atom is -0.303 e. The molecule has 1 rings (SSSR count). The van der Waals surface area contributed by atoms with E-state index in [0.717, 1.165) is 25.0 Å². The van der Waals surface area contributed by atoms with Gasteiger partial charge in [0.25, 0.3) is 0 Å². The summed E-state index contributed by atoms with van der Waals surface area (Å²) in [5.74, 6) is 0.933. The van der Waals surface area contributed by atoms with Gasteiger partial charge in [0.05, 0.1) is 0 Å². The van der Waals surface area contributed by atoms with Gasteiger partial charge in [0.1, 0.15) is 6.29 Å². The fourth-order valence-corrected chi connectivity index (χ4v) is 2.02. The third-order valence-electron chi connectivity index (χ3n) is 3.13. The van der Waals surface area contributed by atoms with Crippen LogP contribution in [0.15, 0.2) is 11.6 Å². The molecule has 0 unspecified atom stereocenters. The van der Waals surface area contributed by atoms with E-state index in [-0.39, 0.29) is 0 Å². The number of rotatable bonds is 5. The average molecular weight is 194 g/mol. The number of hydrogen-bond acceptors (Lipinski definition) is 1. The molecule has 1 saturated carbocycles. The smallest absolute Gasteiger partial charge is 0.119 e. The summed E-state index contributed by atoms with van der Waals surface area (Å²) in [5.41, 5.74) is 1.66. The molecule has 0 bridgehead atoms. The van der Waals surface area contributed by atoms with Crippen molar-refractivity contribution in [1.29, 1.82) is 0 Å². The lowest BCUT2D eigenvalue weighted by Gasteiger charge is -2.20. The van der Waals surface area contributed by atoms with E-state index in [1.165, 1.54) is 38.5 Å². The van der Waals surface area contributed by atoms with E-state index in [4.69, 9.17) is 0 Å². The van der Waals surface area contributed by atoms with Gasteiger partial charge in [0.15, 0.2) is 0 Å². The molecule has 80 valence electrons. The van der Waals surface area contributed by atoms with E-state index in [1.807, 2.05) is 0 Å². The van der Waals surface area contributed by atoms with Crippen LogP contribution in [0.5, 0.6) is 0 Å². The number of aldehydes is 1. The molecule has 0 aromatic rings. The first kappa shape index (κ1) is 11.5. The second kappa shape index (κ2) is 6.80. The first-order valence-electron chi connectivity index (χ1n) is 5.94. The molecule has 14 heavy (non-hydrogen) atoms. The van der Waals surface area contributed by atoms with E-state index in [2.05, 4.69) is 13.0 Å². The van der Waals surface area contributed by atoms with Crippen LogP contribution < -0.4 is 0 Å². The average Bonchev–Trinajstić information content (AvgIpc) is 2.21. The van der Waals surface area contributed by atoms with Crippen molar-refractivity contribution in [3.05, 3.63) is 11.6 Å². The first-order chi connectivity index (χ1) is 6.83. The molecule has 0 spiro atoms. The van der Waals surface area contributed by atoms with Crippen molar-refractivity contribution in [2.45, 2.75) is 58.3 Å². The van der Waals surface area contributed by atoms with E-state index >= 15 is 0 Å². The Kier molecular flexibility index (Phi) is 5.58. The maximum absolute atomic E-state index is 10.1. The van der Waals surface area contributed by atoms with Gasteiger partial charge in [-0.05, 0) is 50.9 Å². The van der Waals surface area contributed by atoms with Crippen molar-refractivity contribution in [3.8, 4) is 0 Å². The molecule has 0 aliphatic heterocycles. The van der Waals surface area contributed by atoms with Gasteiger partial charge in [-0.25, -0.2) is 0 Å². The minimum atomic E-state index is 0.736. The molecular formula is C13H22O. The Labute approximate surface area is 87.6 Å². The third-order valence-corrected chi connectivity index (χ3v) is 3.13. The Balaban J connectivity index is 2.08. The third kappa shape index (κ3) is 4.59. The fourth-order valence-electron chi connectivity index (χ4n) is 2.02. The Hall–Kier alpha value is -0.590. The summed E-state index contributed by atoms with van der Waals surface area (Å²) in [4.78, 5) is 10.1. The molecule has 0 amide bonds. The molecule has 0 saturated heterocycles. The quantitative estimate of drug-likeness (QED) is 0.369. The first-order valence-corrected chi connectivity index (χ1v) is 5.94. The summed E-state index contributed by atoms with van der Waals surface area (Å²) in [6.45, 7) is 2.35. The molecule has 1 nitrogen and oxygen atoms in total. The Morgan fingerprint density at radius 3 is 2.50 bits per heavy atom. The lowest BCUT2D eigenvalue weighted by molar-refractivity contribution is -0.107. The number of hydrogen-bond donors (Lipinski definition) is 0. The van der Waals surface area contributed by atoms with Gasteiger partial charge >= 0.3 is 0 Å². The summed E-state index contributed by atoms with van der Waals surface area (Å²) in [6.07, 6.45) is 13.0. The summed E-state index contributed by atoms with van der Waals surface area (Å²) >= 11 is 0. The van der Waals surface area contributed by atoms with Gasteiger partial charge in [-0.3, -0.25) is 0 Å². The highest BCUT2D eigenvalue weighted by molar-refractivity contribution is 5.48. The Morgan fingerprint density at radius 1 is 1.21 bits per heavy atom. The van der Waals surface area contributed by atoms with Crippen molar-refractivity contribution in [3.63, 3.8) is 0 Å². The van der Waals surface area contributed by atoms with Crippen LogP contribution in [0.25, 0.3) is 0 Å². The van der Waals surface area contributed by atoms with E-state index in [1.54, 1.807) is 5.57 Å². The largest absolute Gasteiger partial charge is 0.303 e. The van der Waals surface area contributed by atoms with E-state index in [0.29, 0.717) is 0 Å². The summed E-state index contributed by atoms with van der Waals surface area (Å²) in [5, 5.41) is 0. The van der Waals surface area contributed by atoms with Crippen LogP contribution >= 0.6 is 0 Å². The number of unbranched alkanes of at least 4 members (excludes halogenated alkanes) is 3. The highest BCUT2D eigenvalue weighted by Crippen LogP contribution is 2.27. The molecule has 0 heterocycles. The monoisotopic (exact) mass is 194 g/mol. The zero-order valence-corrected chi connectivity index (χ0v) is 9.30. The van der Waals surface area contributed by atoms with Crippen molar-refractivity contribution < 1.29 is 4.79 Å². The van der Waals surface area contributed by atoms with Gasteiger partial charge < -0.3 is 4.79 Å². The Morgan fingerprint density at radius 2 is 1.86 bits per heavy atom. The lowest BCUT2D eigenvalue weighted by atomic mass is 9.86. The second-order valence-electron chi connectivity index (χ2n) is 4.50. The molecule has 1 aliphatic rings. The van der Waals surface area contributed by atoms with Crippen molar-refractivity contribution >= 4 is 6.29 Å². The molecular weight excluding hydrogens is 172 g/mol. The predicted molar refractivity (Wildman–Crippen MR) is 60.2 cm³/mol. The van der Waals surface area contributed by atoms with Crippen LogP contribution in [0.3, 0.4) is 0 Å². The van der Waals surface area contributed by atoms with Crippen LogP contribution in [0, 0.1) is 5.92 Å². The van der Waals surface area contributed by atoms with Crippen molar-refractivity contribution in [1.82, 2.24) is 0 Å². The Bertz CT molecular complexity index is 183. The summed E-state index contributed by atoms with van der Waals surface area (Å²) < 4.78 is 0. The van der Waals surface area contributed by atoms with Crippen molar-refractivity contribution in [2.24, 2.45) is 5.92 Å². The highest BCUT2D eigenvalue weighted by atomic mass is 16.1. The normalized spacial score (nSPS) is 22.1. The number of carbonyl (C=O) groups is 1. The molecule has 0 aromatic heterocycles. The molecule has 1 aliphatic carbocycles. The zero-order chi connectivity index (χ0) is 10.2. The fraction of sp³-hybridized carbons (Fsp3) is 0.769. The van der Waals surface area contributed by atoms with Crippen molar-refractivity contribution in [2.75, 3.05) is 0 Å². The number of carbonyl (C=O) groups excluding carboxylic acids is 1.